The Morgan fingerprint density at radius 2 is 2.03 bits per heavy atom. The van der Waals surface area contributed by atoms with Crippen LogP contribution < -0.4 is 20.9 Å². The summed E-state index contributed by atoms with van der Waals surface area (Å²) in [6.07, 6.45) is 6.15. The van der Waals surface area contributed by atoms with Gasteiger partial charge in [-0.05, 0) is 48.6 Å². The van der Waals surface area contributed by atoms with Crippen molar-refractivity contribution in [3.63, 3.8) is 0 Å². The number of guanidine groups is 1. The van der Waals surface area contributed by atoms with E-state index >= 15 is 0 Å². The van der Waals surface area contributed by atoms with Crippen LogP contribution in [-0.4, -0.2) is 43.5 Å². The van der Waals surface area contributed by atoms with Gasteiger partial charge in [-0.1, -0.05) is 18.2 Å². The molecular weight excluding hydrogens is 376 g/mol. The summed E-state index contributed by atoms with van der Waals surface area (Å²) in [4.78, 5) is 23.3. The highest BCUT2D eigenvalue weighted by Gasteiger charge is 2.24. The van der Waals surface area contributed by atoms with E-state index in [1.807, 2.05) is 30.5 Å². The first kappa shape index (κ1) is 20.2. The predicted molar refractivity (Wildman–Crippen MR) is 121 cm³/mol. The number of hydrogen-bond donors (Lipinski definition) is 3. The van der Waals surface area contributed by atoms with Crippen molar-refractivity contribution < 1.29 is 4.79 Å². The Hall–Kier alpha value is -3.09. The SMILES string of the molecule is CN=C(NCc1ccnc(N2CCCCC2)c1)NCC1CC(=O)Nc2ccccc21. The maximum Gasteiger partial charge on any atom is 0.225 e. The molecule has 2 aromatic rings. The molecule has 0 spiro atoms. The quantitative estimate of drug-likeness (QED) is 0.525. The molecule has 1 saturated heterocycles. The van der Waals surface area contributed by atoms with E-state index < -0.39 is 0 Å². The minimum Gasteiger partial charge on any atom is -0.357 e. The monoisotopic (exact) mass is 406 g/mol. The summed E-state index contributed by atoms with van der Waals surface area (Å²) in [7, 11) is 1.77. The van der Waals surface area contributed by atoms with Crippen molar-refractivity contribution in [2.24, 2.45) is 4.99 Å². The molecule has 1 unspecified atom stereocenters. The van der Waals surface area contributed by atoms with Crippen LogP contribution in [0.3, 0.4) is 0 Å². The number of rotatable bonds is 5. The number of piperidine rings is 1. The average Bonchev–Trinajstić information content (AvgIpc) is 2.79. The fourth-order valence-electron chi connectivity index (χ4n) is 4.18. The lowest BCUT2D eigenvalue weighted by Gasteiger charge is -2.28. The summed E-state index contributed by atoms with van der Waals surface area (Å²) in [6, 6.07) is 12.2. The Kier molecular flexibility index (Phi) is 6.47. The van der Waals surface area contributed by atoms with Gasteiger partial charge < -0.3 is 20.9 Å². The number of nitrogens with zero attached hydrogens (tertiary/aromatic N) is 3. The highest BCUT2D eigenvalue weighted by Crippen LogP contribution is 2.31. The maximum absolute atomic E-state index is 12.0. The van der Waals surface area contributed by atoms with E-state index in [4.69, 9.17) is 0 Å². The smallest absolute Gasteiger partial charge is 0.225 e. The van der Waals surface area contributed by atoms with E-state index in [2.05, 4.69) is 43.0 Å². The third-order valence-corrected chi connectivity index (χ3v) is 5.80. The van der Waals surface area contributed by atoms with Crippen LogP contribution in [0.1, 0.15) is 42.7 Å². The van der Waals surface area contributed by atoms with Crippen molar-refractivity contribution in [2.45, 2.75) is 38.1 Å². The van der Waals surface area contributed by atoms with Crippen LogP contribution in [0.25, 0.3) is 0 Å². The van der Waals surface area contributed by atoms with E-state index in [0.29, 0.717) is 19.5 Å². The zero-order chi connectivity index (χ0) is 20.8. The van der Waals surface area contributed by atoms with Gasteiger partial charge in [-0.3, -0.25) is 9.79 Å². The van der Waals surface area contributed by atoms with Crippen molar-refractivity contribution in [1.29, 1.82) is 0 Å². The van der Waals surface area contributed by atoms with Crippen LogP contribution in [0.4, 0.5) is 11.5 Å². The van der Waals surface area contributed by atoms with Gasteiger partial charge in [0, 0.05) is 57.4 Å². The summed E-state index contributed by atoms with van der Waals surface area (Å²) >= 11 is 0. The van der Waals surface area contributed by atoms with Gasteiger partial charge in [-0.15, -0.1) is 0 Å². The number of aliphatic imine (C=N–C) groups is 1. The van der Waals surface area contributed by atoms with Crippen molar-refractivity contribution in [3.05, 3.63) is 53.7 Å². The average molecular weight is 407 g/mol. The summed E-state index contributed by atoms with van der Waals surface area (Å²) in [5.74, 6) is 1.97. The highest BCUT2D eigenvalue weighted by molar-refractivity contribution is 5.94. The van der Waals surface area contributed by atoms with Gasteiger partial charge in [-0.25, -0.2) is 4.98 Å². The molecule has 7 heteroatoms. The van der Waals surface area contributed by atoms with Crippen molar-refractivity contribution in [2.75, 3.05) is 36.9 Å². The van der Waals surface area contributed by atoms with Crippen molar-refractivity contribution in [3.8, 4) is 0 Å². The highest BCUT2D eigenvalue weighted by atomic mass is 16.1. The summed E-state index contributed by atoms with van der Waals surface area (Å²) in [6.45, 7) is 3.50. The Morgan fingerprint density at radius 1 is 1.20 bits per heavy atom. The Labute approximate surface area is 178 Å². The van der Waals surface area contributed by atoms with Gasteiger partial charge in [0.15, 0.2) is 5.96 Å². The number of carbonyl (C=O) groups excluding carboxylic acids is 1. The molecule has 0 aliphatic carbocycles. The number of hydrogen-bond acceptors (Lipinski definition) is 4. The standard InChI is InChI=1S/C23H30N6O/c1-24-23(27-16-18-14-22(30)28-20-8-4-3-7-19(18)20)26-15-17-9-10-25-21(13-17)29-11-5-2-6-12-29/h3-4,7-10,13,18H,2,5-6,11-12,14-16H2,1H3,(H,28,30)(H2,24,26,27). The third kappa shape index (κ3) is 4.90. The minimum absolute atomic E-state index is 0.0606. The van der Waals surface area contributed by atoms with Crippen LogP contribution >= 0.6 is 0 Å². The maximum atomic E-state index is 12.0. The first-order chi connectivity index (χ1) is 14.7. The molecule has 1 atom stereocenters. The summed E-state index contributed by atoms with van der Waals surface area (Å²) < 4.78 is 0. The minimum atomic E-state index is 0.0606. The Bertz CT molecular complexity index is 906. The lowest BCUT2D eigenvalue weighted by atomic mass is 9.90. The second-order valence-electron chi connectivity index (χ2n) is 7.91. The number of benzene rings is 1. The van der Waals surface area contributed by atoms with Crippen LogP contribution in [0.15, 0.2) is 47.6 Å². The number of para-hydroxylation sites is 1. The molecule has 4 rings (SSSR count). The molecule has 3 N–H and O–H groups in total. The van der Waals surface area contributed by atoms with Crippen molar-refractivity contribution in [1.82, 2.24) is 15.6 Å². The normalized spacial score (nSPS) is 19.1. The van der Waals surface area contributed by atoms with Crippen LogP contribution in [0.5, 0.6) is 0 Å². The summed E-state index contributed by atoms with van der Waals surface area (Å²) in [5.41, 5.74) is 3.25. The van der Waals surface area contributed by atoms with Crippen LogP contribution in [0.2, 0.25) is 0 Å². The zero-order valence-corrected chi connectivity index (χ0v) is 17.5. The van der Waals surface area contributed by atoms with E-state index in [9.17, 15) is 4.79 Å². The van der Waals surface area contributed by atoms with Crippen LogP contribution in [0, 0.1) is 0 Å². The number of amides is 1. The molecule has 2 aliphatic rings. The third-order valence-electron chi connectivity index (χ3n) is 5.80. The van der Waals surface area contributed by atoms with Crippen molar-refractivity contribution >= 4 is 23.4 Å². The molecule has 1 aromatic carbocycles. The molecule has 1 fully saturated rings. The van der Waals surface area contributed by atoms with Gasteiger partial charge in [0.1, 0.15) is 5.82 Å². The molecule has 1 amide bonds. The lowest BCUT2D eigenvalue weighted by molar-refractivity contribution is -0.116. The largest absolute Gasteiger partial charge is 0.357 e. The molecule has 0 bridgehead atoms. The molecule has 3 heterocycles. The van der Waals surface area contributed by atoms with Crippen LogP contribution in [-0.2, 0) is 11.3 Å². The molecule has 158 valence electrons. The number of pyridine rings is 1. The molecule has 0 saturated carbocycles. The van der Waals surface area contributed by atoms with Gasteiger partial charge in [0.2, 0.25) is 5.91 Å². The fourth-order valence-corrected chi connectivity index (χ4v) is 4.18. The lowest BCUT2D eigenvalue weighted by Crippen LogP contribution is -2.40. The van der Waals surface area contributed by atoms with E-state index in [0.717, 1.165) is 30.6 Å². The first-order valence-electron chi connectivity index (χ1n) is 10.8. The molecule has 0 radical (unpaired) electrons. The zero-order valence-electron chi connectivity index (χ0n) is 17.5. The van der Waals surface area contributed by atoms with E-state index in [1.54, 1.807) is 7.05 Å². The summed E-state index contributed by atoms with van der Waals surface area (Å²) in [5, 5.41) is 9.71. The number of carbonyl (C=O) groups is 1. The molecule has 2 aliphatic heterocycles. The van der Waals surface area contributed by atoms with Gasteiger partial charge in [0.25, 0.3) is 0 Å². The Morgan fingerprint density at radius 3 is 2.87 bits per heavy atom. The van der Waals surface area contributed by atoms with E-state index in [-0.39, 0.29) is 11.8 Å². The van der Waals surface area contributed by atoms with Gasteiger partial charge in [0.05, 0.1) is 0 Å². The topological polar surface area (TPSA) is 81.7 Å². The van der Waals surface area contributed by atoms with E-state index in [1.165, 1.54) is 30.4 Å². The number of nitrogens with one attached hydrogen (secondary N) is 3. The second kappa shape index (κ2) is 9.61. The molecule has 30 heavy (non-hydrogen) atoms. The van der Waals surface area contributed by atoms with Gasteiger partial charge >= 0.3 is 0 Å². The molecule has 7 nitrogen and oxygen atoms in total. The predicted octanol–water partition coefficient (Wildman–Crippen LogP) is 2.86. The second-order valence-corrected chi connectivity index (χ2v) is 7.91. The van der Waals surface area contributed by atoms with Gasteiger partial charge in [-0.2, -0.15) is 0 Å². The fraction of sp³-hybridized carbons (Fsp3) is 0.435. The Balaban J connectivity index is 1.33. The molecular formula is C23H30N6O. The number of anilines is 2. The number of fused-ring (bicyclic) bond motifs is 1. The number of aromatic nitrogens is 1. The first-order valence-corrected chi connectivity index (χ1v) is 10.8. The molecule has 1 aromatic heterocycles.